The molecule has 2 heterocycles. The number of fused-ring (bicyclic) bond motifs is 1. The summed E-state index contributed by atoms with van der Waals surface area (Å²) in [5.41, 5.74) is 5.71. The van der Waals surface area contributed by atoms with E-state index in [1.54, 1.807) is 11.3 Å². The van der Waals surface area contributed by atoms with Gasteiger partial charge in [0.15, 0.2) is 5.13 Å². The zero-order valence-electron chi connectivity index (χ0n) is 15.8. The Kier molecular flexibility index (Phi) is 4.86. The van der Waals surface area contributed by atoms with Crippen molar-refractivity contribution in [3.8, 4) is 0 Å². The summed E-state index contributed by atoms with van der Waals surface area (Å²) in [6.07, 6.45) is 1.82. The van der Waals surface area contributed by atoms with E-state index in [0.717, 1.165) is 46.4 Å². The van der Waals surface area contributed by atoms with Gasteiger partial charge in [-0.2, -0.15) is 0 Å². The van der Waals surface area contributed by atoms with Crippen LogP contribution in [0.3, 0.4) is 0 Å². The lowest BCUT2D eigenvalue weighted by Gasteiger charge is -2.13. The van der Waals surface area contributed by atoms with Crippen LogP contribution in [0.15, 0.2) is 48.5 Å². The minimum Gasteiger partial charge on any atom is -0.316 e. The molecule has 0 saturated heterocycles. The van der Waals surface area contributed by atoms with Gasteiger partial charge in [0.25, 0.3) is 0 Å². The predicted molar refractivity (Wildman–Crippen MR) is 113 cm³/mol. The fourth-order valence-electron chi connectivity index (χ4n) is 3.19. The second-order valence-electron chi connectivity index (χ2n) is 6.65. The summed E-state index contributed by atoms with van der Waals surface area (Å²) in [6.45, 7) is 6.14. The van der Waals surface area contributed by atoms with Gasteiger partial charge < -0.3 is 5.32 Å². The Morgan fingerprint density at radius 1 is 0.926 bits per heavy atom. The molecule has 2 aromatic carbocycles. The van der Waals surface area contributed by atoms with Crippen molar-refractivity contribution in [2.45, 2.75) is 33.6 Å². The van der Waals surface area contributed by atoms with Gasteiger partial charge in [-0.1, -0.05) is 54.7 Å². The van der Waals surface area contributed by atoms with E-state index in [9.17, 15) is 0 Å². The highest BCUT2D eigenvalue weighted by Gasteiger charge is 2.13. The lowest BCUT2D eigenvalue weighted by molar-refractivity contribution is 0.965. The van der Waals surface area contributed by atoms with Crippen LogP contribution in [0, 0.1) is 13.8 Å². The predicted octanol–water partition coefficient (Wildman–Crippen LogP) is 5.60. The summed E-state index contributed by atoms with van der Waals surface area (Å²) in [7, 11) is 0. The number of nitrogens with one attached hydrogen (secondary N) is 1. The van der Waals surface area contributed by atoms with E-state index in [0.29, 0.717) is 0 Å². The number of hydrogen-bond donors (Lipinski definition) is 1. The summed E-state index contributed by atoms with van der Waals surface area (Å²) >= 11 is 1.67. The number of benzene rings is 2. The van der Waals surface area contributed by atoms with Crippen molar-refractivity contribution >= 4 is 32.5 Å². The molecule has 0 aliphatic rings. The molecular formula is C22H22N4S. The van der Waals surface area contributed by atoms with E-state index in [2.05, 4.69) is 64.7 Å². The van der Waals surface area contributed by atoms with Crippen LogP contribution in [0.1, 0.15) is 35.1 Å². The van der Waals surface area contributed by atoms with Crippen molar-refractivity contribution in [3.63, 3.8) is 0 Å². The number of hydrogen-bond acceptors (Lipinski definition) is 5. The third-order valence-corrected chi connectivity index (χ3v) is 5.57. The molecule has 4 nitrogen and oxygen atoms in total. The van der Waals surface area contributed by atoms with Gasteiger partial charge in [-0.25, -0.2) is 15.0 Å². The maximum Gasteiger partial charge on any atom is 0.189 e. The molecule has 136 valence electrons. The van der Waals surface area contributed by atoms with E-state index in [4.69, 9.17) is 4.98 Å². The topological polar surface area (TPSA) is 50.7 Å². The van der Waals surface area contributed by atoms with E-state index in [-0.39, 0.29) is 0 Å². The van der Waals surface area contributed by atoms with Gasteiger partial charge in [0.2, 0.25) is 0 Å². The Morgan fingerprint density at radius 3 is 2.52 bits per heavy atom. The number of aromatic nitrogens is 3. The standard InChI is InChI=1S/C22H22N4S/c1-4-16-10-11-19-20(13-16)27-22(25-19)26-21-18(14(2)23-15(3)24-21)12-17-8-6-5-7-9-17/h5-11,13H,4,12H2,1-3H3,(H,23,24,25,26). The van der Waals surface area contributed by atoms with Crippen molar-refractivity contribution in [3.05, 3.63) is 76.7 Å². The first-order valence-electron chi connectivity index (χ1n) is 9.17. The third-order valence-electron chi connectivity index (χ3n) is 4.64. The van der Waals surface area contributed by atoms with Gasteiger partial charge in [0.05, 0.1) is 10.2 Å². The van der Waals surface area contributed by atoms with Crippen LogP contribution in [-0.4, -0.2) is 15.0 Å². The molecule has 0 amide bonds. The molecule has 5 heteroatoms. The average molecular weight is 375 g/mol. The van der Waals surface area contributed by atoms with Crippen LogP contribution in [0.25, 0.3) is 10.2 Å². The second kappa shape index (κ2) is 7.45. The van der Waals surface area contributed by atoms with E-state index in [1.807, 2.05) is 19.9 Å². The van der Waals surface area contributed by atoms with Gasteiger partial charge in [-0.05, 0) is 43.5 Å². The normalized spacial score (nSPS) is 11.1. The Labute approximate surface area is 163 Å². The molecule has 0 fully saturated rings. The van der Waals surface area contributed by atoms with Crippen LogP contribution < -0.4 is 5.32 Å². The highest BCUT2D eigenvalue weighted by atomic mass is 32.1. The van der Waals surface area contributed by atoms with Crippen molar-refractivity contribution in [2.75, 3.05) is 5.32 Å². The van der Waals surface area contributed by atoms with Gasteiger partial charge in [0, 0.05) is 17.7 Å². The fourth-order valence-corrected chi connectivity index (χ4v) is 4.12. The molecule has 2 aromatic heterocycles. The molecule has 4 aromatic rings. The Balaban J connectivity index is 1.70. The van der Waals surface area contributed by atoms with Crippen LogP contribution in [0.5, 0.6) is 0 Å². The van der Waals surface area contributed by atoms with Crippen molar-refractivity contribution in [1.82, 2.24) is 15.0 Å². The molecule has 0 unspecified atom stereocenters. The maximum atomic E-state index is 4.74. The summed E-state index contributed by atoms with van der Waals surface area (Å²) in [6, 6.07) is 16.9. The largest absolute Gasteiger partial charge is 0.316 e. The summed E-state index contributed by atoms with van der Waals surface area (Å²) in [5, 5.41) is 4.32. The molecule has 0 atom stereocenters. The highest BCUT2D eigenvalue weighted by molar-refractivity contribution is 7.22. The summed E-state index contributed by atoms with van der Waals surface area (Å²) < 4.78 is 1.20. The molecule has 0 radical (unpaired) electrons. The van der Waals surface area contributed by atoms with Crippen LogP contribution in [-0.2, 0) is 12.8 Å². The van der Waals surface area contributed by atoms with Crippen LogP contribution >= 0.6 is 11.3 Å². The summed E-state index contributed by atoms with van der Waals surface area (Å²) in [4.78, 5) is 14.0. The van der Waals surface area contributed by atoms with E-state index >= 15 is 0 Å². The first kappa shape index (κ1) is 17.6. The number of nitrogens with zero attached hydrogens (tertiary/aromatic N) is 3. The Hall–Kier alpha value is -2.79. The zero-order chi connectivity index (χ0) is 18.8. The molecule has 0 bridgehead atoms. The molecule has 0 spiro atoms. The Morgan fingerprint density at radius 2 is 1.74 bits per heavy atom. The van der Waals surface area contributed by atoms with Gasteiger partial charge in [-0.3, -0.25) is 0 Å². The smallest absolute Gasteiger partial charge is 0.189 e. The molecule has 0 saturated carbocycles. The molecule has 0 aliphatic heterocycles. The average Bonchev–Trinajstić information content (AvgIpc) is 3.06. The number of anilines is 2. The van der Waals surface area contributed by atoms with Gasteiger partial charge in [0.1, 0.15) is 11.6 Å². The lowest BCUT2D eigenvalue weighted by atomic mass is 10.0. The van der Waals surface area contributed by atoms with Crippen molar-refractivity contribution < 1.29 is 0 Å². The third kappa shape index (κ3) is 3.83. The van der Waals surface area contributed by atoms with Crippen LogP contribution in [0.4, 0.5) is 10.9 Å². The maximum absolute atomic E-state index is 4.74. The SMILES string of the molecule is CCc1ccc2nc(Nc3nc(C)nc(C)c3Cc3ccccc3)sc2c1. The first-order chi connectivity index (χ1) is 13.1. The van der Waals surface area contributed by atoms with Crippen LogP contribution in [0.2, 0.25) is 0 Å². The highest BCUT2D eigenvalue weighted by Crippen LogP contribution is 2.31. The monoisotopic (exact) mass is 374 g/mol. The van der Waals surface area contributed by atoms with Crippen molar-refractivity contribution in [1.29, 1.82) is 0 Å². The van der Waals surface area contributed by atoms with Gasteiger partial charge in [-0.15, -0.1) is 0 Å². The first-order valence-corrected chi connectivity index (χ1v) is 9.98. The zero-order valence-corrected chi connectivity index (χ0v) is 16.6. The second-order valence-corrected chi connectivity index (χ2v) is 7.68. The summed E-state index contributed by atoms with van der Waals surface area (Å²) in [5.74, 6) is 1.61. The number of thiazole rings is 1. The molecule has 1 N–H and O–H groups in total. The fraction of sp³-hybridized carbons (Fsp3) is 0.227. The minimum atomic E-state index is 0.765. The van der Waals surface area contributed by atoms with E-state index in [1.165, 1.54) is 15.8 Å². The van der Waals surface area contributed by atoms with Crippen molar-refractivity contribution in [2.24, 2.45) is 0 Å². The Bertz CT molecular complexity index is 1090. The quantitative estimate of drug-likeness (QED) is 0.494. The molecule has 4 rings (SSSR count). The van der Waals surface area contributed by atoms with E-state index < -0.39 is 0 Å². The lowest BCUT2D eigenvalue weighted by Crippen LogP contribution is -2.06. The molecular weight excluding hydrogens is 352 g/mol. The molecule has 27 heavy (non-hydrogen) atoms. The number of rotatable bonds is 5. The number of aryl methyl sites for hydroxylation is 3. The van der Waals surface area contributed by atoms with Gasteiger partial charge >= 0.3 is 0 Å². The molecule has 0 aliphatic carbocycles. The minimum absolute atomic E-state index is 0.765.